The standard InChI is InChI=1S/C13H19O6PS/c1-3-17-20(16,19-12-7-5-4-6-8-12)18-11(2)9-21-10-13(14)15/h4-8,11H,3,9-10H2,1-2H3,(H,14,15). The van der Waals surface area contributed by atoms with Gasteiger partial charge in [0, 0.05) is 5.75 Å². The Kier molecular flexibility index (Phi) is 7.82. The maximum Gasteiger partial charge on any atom is 0.530 e. The lowest BCUT2D eigenvalue weighted by Crippen LogP contribution is -2.15. The molecule has 0 radical (unpaired) electrons. The van der Waals surface area contributed by atoms with Gasteiger partial charge in [0.05, 0.1) is 18.5 Å². The molecule has 0 aliphatic rings. The molecule has 8 heteroatoms. The quantitative estimate of drug-likeness (QED) is 0.656. The molecule has 0 bridgehead atoms. The van der Waals surface area contributed by atoms with Crippen LogP contribution in [-0.4, -0.2) is 35.3 Å². The molecule has 2 atom stereocenters. The van der Waals surface area contributed by atoms with Gasteiger partial charge in [-0.05, 0) is 26.0 Å². The first-order valence-electron chi connectivity index (χ1n) is 6.42. The van der Waals surface area contributed by atoms with Gasteiger partial charge in [-0.2, -0.15) is 0 Å². The van der Waals surface area contributed by atoms with Crippen LogP contribution in [0.2, 0.25) is 0 Å². The van der Waals surface area contributed by atoms with Crippen molar-refractivity contribution in [1.29, 1.82) is 0 Å². The summed E-state index contributed by atoms with van der Waals surface area (Å²) in [5.41, 5.74) is 0. The summed E-state index contributed by atoms with van der Waals surface area (Å²) in [4.78, 5) is 10.4. The second-order valence-electron chi connectivity index (χ2n) is 4.09. The van der Waals surface area contributed by atoms with Gasteiger partial charge < -0.3 is 9.63 Å². The molecule has 1 aromatic carbocycles. The van der Waals surface area contributed by atoms with Crippen molar-refractivity contribution >= 4 is 25.6 Å². The van der Waals surface area contributed by atoms with Crippen LogP contribution in [0.15, 0.2) is 30.3 Å². The second-order valence-corrected chi connectivity index (χ2v) is 6.67. The Morgan fingerprint density at radius 3 is 2.62 bits per heavy atom. The minimum Gasteiger partial charge on any atom is -0.481 e. The fourth-order valence-electron chi connectivity index (χ4n) is 1.41. The summed E-state index contributed by atoms with van der Waals surface area (Å²) in [6, 6.07) is 8.61. The third-order valence-corrected chi connectivity index (χ3v) is 4.92. The predicted molar refractivity (Wildman–Crippen MR) is 81.8 cm³/mol. The smallest absolute Gasteiger partial charge is 0.481 e. The van der Waals surface area contributed by atoms with Crippen molar-refractivity contribution in [3.8, 4) is 5.75 Å². The third-order valence-electron chi connectivity index (χ3n) is 2.13. The number of para-hydroxylation sites is 1. The lowest BCUT2D eigenvalue weighted by atomic mass is 10.3. The highest BCUT2D eigenvalue weighted by Crippen LogP contribution is 2.50. The Morgan fingerprint density at radius 2 is 2.05 bits per heavy atom. The summed E-state index contributed by atoms with van der Waals surface area (Å²) in [6.07, 6.45) is -0.463. The molecule has 0 heterocycles. The molecule has 6 nitrogen and oxygen atoms in total. The van der Waals surface area contributed by atoms with Crippen LogP contribution in [0, 0.1) is 0 Å². The molecule has 1 rings (SSSR count). The summed E-state index contributed by atoms with van der Waals surface area (Å²) >= 11 is 1.18. The Labute approximate surface area is 128 Å². The van der Waals surface area contributed by atoms with Gasteiger partial charge in [-0.3, -0.25) is 13.8 Å². The minimum atomic E-state index is -3.72. The second kappa shape index (κ2) is 9.10. The number of carboxylic acids is 1. The molecular formula is C13H19O6PS. The van der Waals surface area contributed by atoms with Crippen LogP contribution in [0.4, 0.5) is 0 Å². The van der Waals surface area contributed by atoms with Crippen LogP contribution in [0.5, 0.6) is 5.75 Å². The Balaban J connectivity index is 2.58. The first-order valence-corrected chi connectivity index (χ1v) is 9.04. The monoisotopic (exact) mass is 334 g/mol. The van der Waals surface area contributed by atoms with E-state index in [2.05, 4.69) is 0 Å². The van der Waals surface area contributed by atoms with Gasteiger partial charge in [0.25, 0.3) is 0 Å². The molecule has 0 aliphatic carbocycles. The van der Waals surface area contributed by atoms with Crippen molar-refractivity contribution in [3.05, 3.63) is 30.3 Å². The molecule has 118 valence electrons. The van der Waals surface area contributed by atoms with E-state index in [4.69, 9.17) is 18.7 Å². The zero-order valence-electron chi connectivity index (χ0n) is 11.9. The minimum absolute atomic E-state index is 0.0355. The first-order chi connectivity index (χ1) is 9.95. The average molecular weight is 334 g/mol. The maximum atomic E-state index is 12.5. The van der Waals surface area contributed by atoms with Gasteiger partial charge in [-0.25, -0.2) is 4.57 Å². The number of rotatable bonds is 10. The molecule has 0 spiro atoms. The number of hydrogen-bond acceptors (Lipinski definition) is 6. The van der Waals surface area contributed by atoms with Crippen molar-refractivity contribution in [3.63, 3.8) is 0 Å². The lowest BCUT2D eigenvalue weighted by molar-refractivity contribution is -0.133. The van der Waals surface area contributed by atoms with Crippen molar-refractivity contribution in [2.75, 3.05) is 18.1 Å². The maximum absolute atomic E-state index is 12.5. The van der Waals surface area contributed by atoms with Crippen LogP contribution in [0.3, 0.4) is 0 Å². The Morgan fingerprint density at radius 1 is 1.38 bits per heavy atom. The predicted octanol–water partition coefficient (Wildman–Crippen LogP) is 3.43. The van der Waals surface area contributed by atoms with Gasteiger partial charge in [0.15, 0.2) is 0 Å². The van der Waals surface area contributed by atoms with Crippen molar-refractivity contribution in [2.24, 2.45) is 0 Å². The van der Waals surface area contributed by atoms with E-state index in [1.807, 2.05) is 6.07 Å². The summed E-state index contributed by atoms with van der Waals surface area (Å²) in [5, 5.41) is 8.57. The summed E-state index contributed by atoms with van der Waals surface area (Å²) in [5.74, 6) is -0.173. The van der Waals surface area contributed by atoms with Gasteiger partial charge in [0.2, 0.25) is 0 Å². The van der Waals surface area contributed by atoms with Gasteiger partial charge in [-0.1, -0.05) is 18.2 Å². The van der Waals surface area contributed by atoms with Gasteiger partial charge >= 0.3 is 13.8 Å². The normalized spacial score (nSPS) is 15.1. The molecule has 0 saturated heterocycles. The van der Waals surface area contributed by atoms with E-state index in [1.165, 1.54) is 11.8 Å². The van der Waals surface area contributed by atoms with Gasteiger partial charge in [0.1, 0.15) is 5.75 Å². The topological polar surface area (TPSA) is 82.1 Å². The van der Waals surface area contributed by atoms with Crippen molar-refractivity contribution in [2.45, 2.75) is 20.0 Å². The fourth-order valence-corrected chi connectivity index (χ4v) is 3.57. The zero-order valence-corrected chi connectivity index (χ0v) is 13.6. The number of phosphoric ester groups is 1. The number of carbonyl (C=O) groups is 1. The Bertz CT molecular complexity index is 481. The van der Waals surface area contributed by atoms with E-state index >= 15 is 0 Å². The average Bonchev–Trinajstić information content (AvgIpc) is 2.39. The molecule has 1 N–H and O–H groups in total. The summed E-state index contributed by atoms with van der Waals surface area (Å²) in [7, 11) is -3.72. The van der Waals surface area contributed by atoms with Crippen LogP contribution < -0.4 is 4.52 Å². The van der Waals surface area contributed by atoms with Crippen molar-refractivity contribution < 1.29 is 28.0 Å². The molecule has 0 aliphatic heterocycles. The first kappa shape index (κ1) is 18.0. The van der Waals surface area contributed by atoms with Crippen LogP contribution in [0.1, 0.15) is 13.8 Å². The number of aliphatic carboxylic acids is 1. The van der Waals surface area contributed by atoms with Crippen LogP contribution in [0.25, 0.3) is 0 Å². The summed E-state index contributed by atoms with van der Waals surface area (Å²) < 4.78 is 28.3. The molecule has 0 amide bonds. The largest absolute Gasteiger partial charge is 0.530 e. The zero-order chi connectivity index (χ0) is 15.7. The van der Waals surface area contributed by atoms with E-state index in [9.17, 15) is 9.36 Å². The molecule has 0 saturated carbocycles. The van der Waals surface area contributed by atoms with E-state index in [-0.39, 0.29) is 12.4 Å². The SMILES string of the molecule is CCOP(=O)(Oc1ccccc1)OC(C)CSCC(=O)O. The lowest BCUT2D eigenvalue weighted by Gasteiger charge is -2.21. The molecule has 0 aromatic heterocycles. The van der Waals surface area contributed by atoms with Crippen LogP contribution in [-0.2, 0) is 18.4 Å². The number of carboxylic acid groups (broad SMARTS) is 1. The van der Waals surface area contributed by atoms with E-state index < -0.39 is 19.9 Å². The van der Waals surface area contributed by atoms with Crippen molar-refractivity contribution in [1.82, 2.24) is 0 Å². The fraction of sp³-hybridized carbons (Fsp3) is 0.462. The highest BCUT2D eigenvalue weighted by atomic mass is 32.2. The molecule has 2 unspecified atom stereocenters. The number of benzene rings is 1. The highest BCUT2D eigenvalue weighted by molar-refractivity contribution is 7.99. The highest BCUT2D eigenvalue weighted by Gasteiger charge is 2.30. The molecule has 0 fully saturated rings. The van der Waals surface area contributed by atoms with Crippen LogP contribution >= 0.6 is 19.6 Å². The molecule has 1 aromatic rings. The summed E-state index contributed by atoms with van der Waals surface area (Å²) in [6.45, 7) is 3.56. The molecule has 21 heavy (non-hydrogen) atoms. The number of phosphoric acid groups is 1. The molecular weight excluding hydrogens is 315 g/mol. The van der Waals surface area contributed by atoms with E-state index in [0.29, 0.717) is 11.5 Å². The third kappa shape index (κ3) is 7.52. The van der Waals surface area contributed by atoms with E-state index in [0.717, 1.165) is 0 Å². The Hall–Kier alpha value is -1.01. The van der Waals surface area contributed by atoms with Gasteiger partial charge in [-0.15, -0.1) is 11.8 Å². The number of thioether (sulfide) groups is 1. The number of hydrogen-bond donors (Lipinski definition) is 1. The van der Waals surface area contributed by atoms with E-state index in [1.54, 1.807) is 38.1 Å².